The molecule has 0 saturated heterocycles. The van der Waals surface area contributed by atoms with Crippen LogP contribution in [-0.4, -0.2) is 6.54 Å². The van der Waals surface area contributed by atoms with Crippen molar-refractivity contribution in [1.82, 2.24) is 5.43 Å². The maximum atomic E-state index is 4.65. The average molecular weight is 59.1 g/mol. The lowest BCUT2D eigenvalue weighted by atomic mass is 10.8. The van der Waals surface area contributed by atoms with Crippen LogP contribution in [0.5, 0.6) is 0 Å². The van der Waals surface area contributed by atoms with Gasteiger partial charge in [-0.2, -0.15) is 5.43 Å². The van der Waals surface area contributed by atoms with Crippen LogP contribution in [0, 0.1) is 0 Å². The quantitative estimate of drug-likeness (QED) is 0.320. The molecule has 0 rings (SSSR count). The molecule has 0 aromatic rings. The maximum Gasteiger partial charge on any atom is 0.0273 e. The van der Waals surface area contributed by atoms with Crippen LogP contribution in [0.3, 0.4) is 0 Å². The molecule has 0 aliphatic rings. The van der Waals surface area contributed by atoms with Crippen LogP contribution in [0.1, 0.15) is 6.92 Å². The summed E-state index contributed by atoms with van der Waals surface area (Å²) in [7, 11) is 0. The van der Waals surface area contributed by atoms with E-state index < -0.39 is 0 Å². The van der Waals surface area contributed by atoms with Crippen molar-refractivity contribution in [3.05, 3.63) is 0 Å². The van der Waals surface area contributed by atoms with Crippen molar-refractivity contribution in [2.45, 2.75) is 6.92 Å². The number of nitrogens with two attached hydrogens (primary N) is 1. The van der Waals surface area contributed by atoms with Gasteiger partial charge in [-0.3, -0.25) is 5.84 Å². The van der Waals surface area contributed by atoms with Crippen LogP contribution in [-0.2, 0) is 0 Å². The smallest absolute Gasteiger partial charge is 0.0273 e. The van der Waals surface area contributed by atoms with Crippen molar-refractivity contribution in [3.63, 3.8) is 0 Å². The van der Waals surface area contributed by atoms with Gasteiger partial charge in [0, 0.05) is 6.54 Å². The topological polar surface area (TPSA) is 40.1 Å². The fraction of sp³-hybridized carbons (Fsp3) is 1.00. The minimum atomic E-state index is 0.722. The van der Waals surface area contributed by atoms with Gasteiger partial charge in [-0.25, -0.2) is 0 Å². The van der Waals surface area contributed by atoms with Crippen LogP contribution in [0.4, 0.5) is 0 Å². The highest BCUT2D eigenvalue weighted by atomic mass is 15.2. The Morgan fingerprint density at radius 1 is 2.00 bits per heavy atom. The highest BCUT2D eigenvalue weighted by Crippen LogP contribution is 1.34. The van der Waals surface area contributed by atoms with Crippen molar-refractivity contribution in [2.24, 2.45) is 5.84 Å². The lowest BCUT2D eigenvalue weighted by Gasteiger charge is -1.72. The standard InChI is InChI=1S/C2H7N2/c1-2-4-3/h2-3H2,1H3. The first-order chi connectivity index (χ1) is 1.91. The minimum absolute atomic E-state index is 0.722. The zero-order chi connectivity index (χ0) is 3.41. The third kappa shape index (κ3) is 1.92. The molecular weight excluding hydrogens is 52.0 g/mol. The van der Waals surface area contributed by atoms with Gasteiger partial charge in [0.2, 0.25) is 0 Å². The van der Waals surface area contributed by atoms with Crippen LogP contribution < -0.4 is 11.3 Å². The molecule has 4 heavy (non-hydrogen) atoms. The minimum Gasteiger partial charge on any atom is -0.254 e. The Labute approximate surface area is 26.0 Å². The van der Waals surface area contributed by atoms with E-state index in [1.165, 1.54) is 0 Å². The molecule has 0 aliphatic carbocycles. The van der Waals surface area contributed by atoms with Gasteiger partial charge in [0.15, 0.2) is 0 Å². The molecule has 0 aromatic heterocycles. The Bertz CT molecular complexity index is 6.00. The summed E-state index contributed by atoms with van der Waals surface area (Å²) in [5, 5.41) is 0. The van der Waals surface area contributed by atoms with E-state index in [4.69, 9.17) is 0 Å². The third-order valence-corrected chi connectivity index (χ3v) is 0.183. The van der Waals surface area contributed by atoms with Crippen LogP contribution in [0.2, 0.25) is 0 Å². The number of rotatable bonds is 1. The summed E-state index contributed by atoms with van der Waals surface area (Å²) in [6.45, 7) is 2.61. The van der Waals surface area contributed by atoms with E-state index in [9.17, 15) is 0 Å². The Kier molecular flexibility index (Phi) is 2.86. The first-order valence-corrected chi connectivity index (χ1v) is 1.28. The second-order valence-corrected chi connectivity index (χ2v) is 0.499. The number of nitrogens with zero attached hydrogens (tertiary/aromatic N) is 1. The predicted molar refractivity (Wildman–Crippen MR) is 16.9 cm³/mol. The molecule has 0 saturated carbocycles. The zero-order valence-corrected chi connectivity index (χ0v) is 2.73. The van der Waals surface area contributed by atoms with Gasteiger partial charge in [0.05, 0.1) is 0 Å². The zero-order valence-electron chi connectivity index (χ0n) is 2.73. The van der Waals surface area contributed by atoms with Gasteiger partial charge >= 0.3 is 0 Å². The van der Waals surface area contributed by atoms with Gasteiger partial charge in [0.25, 0.3) is 0 Å². The van der Waals surface area contributed by atoms with Gasteiger partial charge in [-0.15, -0.1) is 0 Å². The monoisotopic (exact) mass is 59.1 g/mol. The van der Waals surface area contributed by atoms with Crippen molar-refractivity contribution < 1.29 is 0 Å². The van der Waals surface area contributed by atoms with Gasteiger partial charge in [-0.05, 0) is 6.92 Å². The van der Waals surface area contributed by atoms with Crippen LogP contribution >= 0.6 is 0 Å². The molecule has 0 unspecified atom stereocenters. The van der Waals surface area contributed by atoms with E-state index in [2.05, 4.69) is 11.3 Å². The molecular formula is C2H7N2. The van der Waals surface area contributed by atoms with Crippen molar-refractivity contribution in [1.29, 1.82) is 0 Å². The molecule has 1 radical (unpaired) electrons. The summed E-state index contributed by atoms with van der Waals surface area (Å²) < 4.78 is 0. The molecule has 2 N–H and O–H groups in total. The summed E-state index contributed by atoms with van der Waals surface area (Å²) in [6.07, 6.45) is 0. The fourth-order valence-electron chi connectivity index (χ4n) is 0. The van der Waals surface area contributed by atoms with Crippen molar-refractivity contribution in [3.8, 4) is 0 Å². The fourth-order valence-corrected chi connectivity index (χ4v) is 0. The summed E-state index contributed by atoms with van der Waals surface area (Å²) in [6, 6.07) is 0. The summed E-state index contributed by atoms with van der Waals surface area (Å²) in [5.41, 5.74) is 3.24. The lowest BCUT2D eigenvalue weighted by molar-refractivity contribution is 0.762. The molecule has 2 nitrogen and oxygen atoms in total. The van der Waals surface area contributed by atoms with E-state index in [0.29, 0.717) is 0 Å². The van der Waals surface area contributed by atoms with Gasteiger partial charge in [-0.1, -0.05) is 0 Å². The van der Waals surface area contributed by atoms with E-state index >= 15 is 0 Å². The van der Waals surface area contributed by atoms with Gasteiger partial charge in [0.1, 0.15) is 0 Å². The Balaban J connectivity index is 1.97. The molecule has 0 amide bonds. The molecule has 0 aliphatic heterocycles. The molecule has 25 valence electrons. The van der Waals surface area contributed by atoms with Crippen LogP contribution in [0.15, 0.2) is 0 Å². The number of hydrogen-bond acceptors (Lipinski definition) is 1. The summed E-state index contributed by atoms with van der Waals surface area (Å²) >= 11 is 0. The van der Waals surface area contributed by atoms with E-state index in [-0.39, 0.29) is 0 Å². The highest BCUT2D eigenvalue weighted by molar-refractivity contribution is 4.09. The highest BCUT2D eigenvalue weighted by Gasteiger charge is 1.54. The maximum absolute atomic E-state index is 4.65. The molecule has 0 aromatic carbocycles. The normalized spacial score (nSPS) is 7.50. The van der Waals surface area contributed by atoms with E-state index in [0.717, 1.165) is 6.54 Å². The summed E-state index contributed by atoms with van der Waals surface area (Å²) in [4.78, 5) is 0. The molecule has 0 spiro atoms. The summed E-state index contributed by atoms with van der Waals surface area (Å²) in [5.74, 6) is 4.65. The van der Waals surface area contributed by atoms with Gasteiger partial charge < -0.3 is 0 Å². The SMILES string of the molecule is CC[N]N. The Morgan fingerprint density at radius 3 is 2.25 bits per heavy atom. The van der Waals surface area contributed by atoms with Crippen molar-refractivity contribution in [2.75, 3.05) is 6.54 Å². The Morgan fingerprint density at radius 2 is 2.25 bits per heavy atom. The predicted octanol–water partition coefficient (Wildman–Crippen LogP) is -0.516. The third-order valence-electron chi connectivity index (χ3n) is 0.183. The molecule has 2 heteroatoms. The Hall–Kier alpha value is -0.0800. The lowest BCUT2D eigenvalue weighted by Crippen LogP contribution is -2.10. The van der Waals surface area contributed by atoms with E-state index in [1.807, 2.05) is 6.92 Å². The van der Waals surface area contributed by atoms with Crippen LogP contribution in [0.25, 0.3) is 0 Å². The molecule has 0 heterocycles. The number of hydrogen-bond donors (Lipinski definition) is 1. The molecule has 0 fully saturated rings. The molecule has 0 atom stereocenters. The average Bonchev–Trinajstić information content (AvgIpc) is 1.37. The first-order valence-electron chi connectivity index (χ1n) is 1.28. The van der Waals surface area contributed by atoms with E-state index in [1.54, 1.807) is 0 Å². The van der Waals surface area contributed by atoms with Crippen molar-refractivity contribution >= 4 is 0 Å². The second-order valence-electron chi connectivity index (χ2n) is 0.499. The first kappa shape index (κ1) is 3.92. The largest absolute Gasteiger partial charge is 0.254 e. The second kappa shape index (κ2) is 2.92. The molecule has 0 bridgehead atoms.